The molecule has 0 saturated carbocycles. The van der Waals surface area contributed by atoms with Crippen LogP contribution in [-0.2, 0) is 11.2 Å². The van der Waals surface area contributed by atoms with Crippen LogP contribution in [0.4, 0.5) is 4.39 Å². The number of thioether (sulfide) groups is 1. The molecule has 1 N–H and O–H groups in total. The first-order chi connectivity index (χ1) is 13.0. The Morgan fingerprint density at radius 2 is 1.96 bits per heavy atom. The number of carbonyl (C=O) groups excluding carboxylic acids is 1. The van der Waals surface area contributed by atoms with Crippen molar-refractivity contribution < 1.29 is 9.18 Å². The maximum absolute atomic E-state index is 13.2. The third kappa shape index (κ3) is 5.44. The van der Waals surface area contributed by atoms with Crippen molar-refractivity contribution in [2.75, 3.05) is 12.3 Å². The molecule has 4 nitrogen and oxygen atoms in total. The van der Waals surface area contributed by atoms with E-state index in [4.69, 9.17) is 0 Å². The van der Waals surface area contributed by atoms with Crippen molar-refractivity contribution in [3.8, 4) is 5.69 Å². The highest BCUT2D eigenvalue weighted by atomic mass is 32.2. The lowest BCUT2D eigenvalue weighted by Gasteiger charge is -2.10. The summed E-state index contributed by atoms with van der Waals surface area (Å²) in [5.74, 6) is -0.0377. The minimum absolute atomic E-state index is 0.0635. The predicted octanol–water partition coefficient (Wildman–Crippen LogP) is 4.08. The van der Waals surface area contributed by atoms with E-state index < -0.39 is 0 Å². The van der Waals surface area contributed by atoms with Crippen LogP contribution in [0.2, 0.25) is 0 Å². The van der Waals surface area contributed by atoms with Crippen LogP contribution in [0.25, 0.3) is 5.69 Å². The number of hydrogen-bond acceptors (Lipinski definition) is 3. The first-order valence-electron chi connectivity index (χ1n) is 8.77. The number of halogens is 1. The molecule has 140 valence electrons. The van der Waals surface area contributed by atoms with E-state index >= 15 is 0 Å². The maximum Gasteiger partial charge on any atom is 0.230 e. The summed E-state index contributed by atoms with van der Waals surface area (Å²) in [7, 11) is 0. The van der Waals surface area contributed by atoms with Crippen LogP contribution in [0.1, 0.15) is 16.7 Å². The number of aromatic nitrogens is 2. The summed E-state index contributed by atoms with van der Waals surface area (Å²) in [6.45, 7) is 4.60. The van der Waals surface area contributed by atoms with Gasteiger partial charge in [-0.2, -0.15) is 0 Å². The van der Waals surface area contributed by atoms with Crippen LogP contribution in [-0.4, -0.2) is 27.8 Å². The quantitative estimate of drug-likeness (QED) is 0.626. The van der Waals surface area contributed by atoms with Gasteiger partial charge in [-0.25, -0.2) is 9.37 Å². The summed E-state index contributed by atoms with van der Waals surface area (Å²) >= 11 is 1.40. The highest BCUT2D eigenvalue weighted by Gasteiger charge is 2.10. The van der Waals surface area contributed by atoms with Gasteiger partial charge in [-0.3, -0.25) is 9.36 Å². The van der Waals surface area contributed by atoms with Gasteiger partial charge in [0.25, 0.3) is 0 Å². The van der Waals surface area contributed by atoms with E-state index in [2.05, 4.69) is 42.3 Å². The van der Waals surface area contributed by atoms with E-state index in [-0.39, 0.29) is 17.5 Å². The lowest BCUT2D eigenvalue weighted by molar-refractivity contribution is -0.118. The number of amides is 1. The van der Waals surface area contributed by atoms with Crippen molar-refractivity contribution >= 4 is 17.7 Å². The Bertz CT molecular complexity index is 918. The van der Waals surface area contributed by atoms with Gasteiger partial charge in [0.15, 0.2) is 5.16 Å². The SMILES string of the molecule is Cc1cc(C)cc(-n2ccnc2SCC(=O)NCCc2cccc(F)c2)c1. The van der Waals surface area contributed by atoms with Crippen molar-refractivity contribution in [1.29, 1.82) is 0 Å². The minimum Gasteiger partial charge on any atom is -0.355 e. The Labute approximate surface area is 162 Å². The molecule has 27 heavy (non-hydrogen) atoms. The number of imidazole rings is 1. The molecule has 1 amide bonds. The number of carbonyl (C=O) groups is 1. The van der Waals surface area contributed by atoms with Gasteiger partial charge in [-0.15, -0.1) is 0 Å². The fourth-order valence-corrected chi connectivity index (χ4v) is 3.71. The number of nitrogens with zero attached hydrogens (tertiary/aromatic N) is 2. The molecule has 6 heteroatoms. The van der Waals surface area contributed by atoms with Crippen molar-refractivity contribution in [2.45, 2.75) is 25.4 Å². The Morgan fingerprint density at radius 1 is 1.19 bits per heavy atom. The second kappa shape index (κ2) is 8.86. The summed E-state index contributed by atoms with van der Waals surface area (Å²) in [4.78, 5) is 16.5. The fraction of sp³-hybridized carbons (Fsp3) is 0.238. The van der Waals surface area contributed by atoms with Gasteiger partial charge in [-0.1, -0.05) is 30.0 Å². The molecule has 2 aromatic carbocycles. The lowest BCUT2D eigenvalue weighted by Crippen LogP contribution is -2.27. The van der Waals surface area contributed by atoms with Crippen molar-refractivity contribution in [1.82, 2.24) is 14.9 Å². The third-order valence-electron chi connectivity index (χ3n) is 4.05. The van der Waals surface area contributed by atoms with E-state index in [1.807, 2.05) is 16.8 Å². The fourth-order valence-electron chi connectivity index (χ4n) is 2.90. The number of rotatable bonds is 7. The lowest BCUT2D eigenvalue weighted by atomic mass is 10.1. The van der Waals surface area contributed by atoms with Gasteiger partial charge < -0.3 is 5.32 Å². The summed E-state index contributed by atoms with van der Waals surface area (Å²) < 4.78 is 15.1. The first-order valence-corrected chi connectivity index (χ1v) is 9.76. The molecule has 0 aliphatic rings. The molecule has 0 aliphatic carbocycles. The summed E-state index contributed by atoms with van der Waals surface area (Å²) in [6, 6.07) is 12.7. The molecular formula is C21H22FN3OS. The molecule has 0 atom stereocenters. The Kier molecular flexibility index (Phi) is 6.29. The monoisotopic (exact) mass is 383 g/mol. The van der Waals surface area contributed by atoms with Gasteiger partial charge in [-0.05, 0) is 61.2 Å². The van der Waals surface area contributed by atoms with Crippen LogP contribution in [0.5, 0.6) is 0 Å². The van der Waals surface area contributed by atoms with E-state index in [9.17, 15) is 9.18 Å². The number of hydrogen-bond donors (Lipinski definition) is 1. The standard InChI is InChI=1S/C21H22FN3OS/c1-15-10-16(2)12-19(11-15)25-9-8-24-21(25)27-14-20(26)23-7-6-17-4-3-5-18(22)13-17/h3-5,8-13H,6-7,14H2,1-2H3,(H,23,26). The zero-order chi connectivity index (χ0) is 19.2. The maximum atomic E-state index is 13.2. The summed E-state index contributed by atoms with van der Waals surface area (Å²) in [6.07, 6.45) is 4.24. The topological polar surface area (TPSA) is 46.9 Å². The van der Waals surface area contributed by atoms with Crippen molar-refractivity contribution in [3.63, 3.8) is 0 Å². The first kappa shape index (κ1) is 19.2. The smallest absolute Gasteiger partial charge is 0.230 e. The van der Waals surface area contributed by atoms with E-state index in [1.165, 1.54) is 35.0 Å². The van der Waals surface area contributed by atoms with Gasteiger partial charge >= 0.3 is 0 Å². The summed E-state index contributed by atoms with van der Waals surface area (Å²) in [5.41, 5.74) is 4.28. The molecule has 1 heterocycles. The molecule has 0 unspecified atom stereocenters. The van der Waals surface area contributed by atoms with Crippen LogP contribution < -0.4 is 5.32 Å². The largest absolute Gasteiger partial charge is 0.355 e. The van der Waals surface area contributed by atoms with Gasteiger partial charge in [0.05, 0.1) is 5.75 Å². The zero-order valence-corrected chi connectivity index (χ0v) is 16.2. The molecule has 1 aromatic heterocycles. The summed E-state index contributed by atoms with van der Waals surface area (Å²) in [5, 5.41) is 3.65. The van der Waals surface area contributed by atoms with E-state index in [1.54, 1.807) is 12.3 Å². The molecule has 0 spiro atoms. The molecular weight excluding hydrogens is 361 g/mol. The molecule has 0 aliphatic heterocycles. The molecule has 0 fully saturated rings. The number of aryl methyl sites for hydroxylation is 2. The molecule has 3 aromatic rings. The highest BCUT2D eigenvalue weighted by molar-refractivity contribution is 7.99. The van der Waals surface area contributed by atoms with Crippen LogP contribution >= 0.6 is 11.8 Å². The number of benzene rings is 2. The molecule has 0 bridgehead atoms. The Balaban J connectivity index is 1.53. The average Bonchev–Trinajstić information content (AvgIpc) is 3.08. The minimum atomic E-state index is -0.257. The average molecular weight is 383 g/mol. The Hall–Kier alpha value is -2.60. The molecule has 3 rings (SSSR count). The normalized spacial score (nSPS) is 10.8. The van der Waals surface area contributed by atoms with Gasteiger partial charge in [0.1, 0.15) is 5.82 Å². The Morgan fingerprint density at radius 3 is 2.70 bits per heavy atom. The predicted molar refractivity (Wildman–Crippen MR) is 107 cm³/mol. The zero-order valence-electron chi connectivity index (χ0n) is 15.4. The highest BCUT2D eigenvalue weighted by Crippen LogP contribution is 2.22. The second-order valence-electron chi connectivity index (χ2n) is 6.44. The van der Waals surface area contributed by atoms with Crippen molar-refractivity contribution in [3.05, 3.63) is 77.4 Å². The van der Waals surface area contributed by atoms with Crippen LogP contribution in [0, 0.1) is 19.7 Å². The van der Waals surface area contributed by atoms with Crippen molar-refractivity contribution in [2.24, 2.45) is 0 Å². The van der Waals surface area contributed by atoms with E-state index in [0.717, 1.165) is 16.4 Å². The third-order valence-corrected chi connectivity index (χ3v) is 5.02. The van der Waals surface area contributed by atoms with Crippen LogP contribution in [0.3, 0.4) is 0 Å². The van der Waals surface area contributed by atoms with Crippen LogP contribution in [0.15, 0.2) is 60.0 Å². The van der Waals surface area contributed by atoms with E-state index in [0.29, 0.717) is 13.0 Å². The molecule has 0 radical (unpaired) electrons. The second-order valence-corrected chi connectivity index (χ2v) is 7.39. The molecule has 0 saturated heterocycles. The number of nitrogens with one attached hydrogen (secondary N) is 1. The van der Waals surface area contributed by atoms with Gasteiger partial charge in [0.2, 0.25) is 5.91 Å². The van der Waals surface area contributed by atoms with Gasteiger partial charge in [0, 0.05) is 24.6 Å².